The van der Waals surface area contributed by atoms with Crippen molar-refractivity contribution in [3.05, 3.63) is 23.8 Å². The Labute approximate surface area is 101 Å². The zero-order chi connectivity index (χ0) is 12.3. The van der Waals surface area contributed by atoms with E-state index in [1.165, 1.54) is 0 Å². The quantitative estimate of drug-likeness (QED) is 0.725. The maximum Gasteiger partial charge on any atom is 0.256 e. The Hall–Kier alpha value is -1.75. The van der Waals surface area contributed by atoms with Crippen LogP contribution in [0.1, 0.15) is 10.4 Å². The van der Waals surface area contributed by atoms with Crippen LogP contribution in [0.4, 0.5) is 5.69 Å². The summed E-state index contributed by atoms with van der Waals surface area (Å²) < 4.78 is 5.11. The molecule has 1 aromatic carbocycles. The molecule has 3 N–H and O–H groups in total. The van der Waals surface area contributed by atoms with Gasteiger partial charge in [0.1, 0.15) is 5.75 Å². The Kier molecular flexibility index (Phi) is 3.49. The molecule has 0 aromatic heterocycles. The molecule has 0 saturated carbocycles. The summed E-state index contributed by atoms with van der Waals surface area (Å²) in [6, 6.07) is 5.15. The molecule has 0 bridgehead atoms. The fraction of sp³-hybridized carbons (Fsp3) is 0.417. The Balaban J connectivity index is 2.22. The van der Waals surface area contributed by atoms with Crippen LogP contribution < -0.4 is 15.8 Å². The highest BCUT2D eigenvalue weighted by Gasteiger charge is 2.20. The van der Waals surface area contributed by atoms with Crippen LogP contribution in [0.2, 0.25) is 0 Å². The molecular weight excluding hydrogens is 218 g/mol. The largest absolute Gasteiger partial charge is 0.497 e. The first kappa shape index (κ1) is 11.7. The molecule has 0 radical (unpaired) electrons. The van der Waals surface area contributed by atoms with E-state index in [-0.39, 0.29) is 5.91 Å². The molecule has 0 spiro atoms. The third-order valence-corrected chi connectivity index (χ3v) is 2.90. The lowest BCUT2D eigenvalue weighted by Gasteiger charge is -2.27. The SMILES string of the molecule is COc1ccc(N)c(C(=O)N2CCNCC2)c1. The van der Waals surface area contributed by atoms with E-state index >= 15 is 0 Å². The van der Waals surface area contributed by atoms with E-state index in [4.69, 9.17) is 10.5 Å². The maximum atomic E-state index is 12.3. The van der Waals surface area contributed by atoms with Gasteiger partial charge in [-0.25, -0.2) is 0 Å². The van der Waals surface area contributed by atoms with Crippen LogP contribution in [-0.4, -0.2) is 44.1 Å². The van der Waals surface area contributed by atoms with Gasteiger partial charge in [-0.15, -0.1) is 0 Å². The highest BCUT2D eigenvalue weighted by Crippen LogP contribution is 2.21. The van der Waals surface area contributed by atoms with Crippen LogP contribution in [0.3, 0.4) is 0 Å². The molecule has 1 heterocycles. The number of methoxy groups -OCH3 is 1. The van der Waals surface area contributed by atoms with E-state index in [2.05, 4.69) is 5.32 Å². The first-order valence-electron chi connectivity index (χ1n) is 5.66. The van der Waals surface area contributed by atoms with Crippen molar-refractivity contribution in [2.45, 2.75) is 0 Å². The number of hydrogen-bond acceptors (Lipinski definition) is 4. The lowest BCUT2D eigenvalue weighted by molar-refractivity contribution is 0.0736. The fourth-order valence-corrected chi connectivity index (χ4v) is 1.89. The number of anilines is 1. The Morgan fingerprint density at radius 2 is 2.12 bits per heavy atom. The summed E-state index contributed by atoms with van der Waals surface area (Å²) in [7, 11) is 1.57. The van der Waals surface area contributed by atoms with Crippen molar-refractivity contribution in [3.8, 4) is 5.75 Å². The molecule has 1 aromatic rings. The van der Waals surface area contributed by atoms with Crippen molar-refractivity contribution in [1.82, 2.24) is 10.2 Å². The number of carbonyl (C=O) groups is 1. The predicted molar refractivity (Wildman–Crippen MR) is 66.2 cm³/mol. The molecule has 1 aliphatic heterocycles. The molecule has 0 atom stereocenters. The van der Waals surface area contributed by atoms with Gasteiger partial charge in [-0.2, -0.15) is 0 Å². The van der Waals surface area contributed by atoms with Gasteiger partial charge < -0.3 is 20.7 Å². The van der Waals surface area contributed by atoms with Gasteiger partial charge in [0.2, 0.25) is 0 Å². The second-order valence-electron chi connectivity index (χ2n) is 4.00. The normalized spacial score (nSPS) is 15.7. The molecule has 2 rings (SSSR count). The number of benzene rings is 1. The number of piperazine rings is 1. The third-order valence-electron chi connectivity index (χ3n) is 2.90. The molecule has 92 valence electrons. The Morgan fingerprint density at radius 1 is 1.41 bits per heavy atom. The number of ether oxygens (including phenoxy) is 1. The van der Waals surface area contributed by atoms with Crippen LogP contribution in [0.5, 0.6) is 5.75 Å². The molecular formula is C12H17N3O2. The first-order valence-corrected chi connectivity index (χ1v) is 5.66. The second kappa shape index (κ2) is 5.05. The van der Waals surface area contributed by atoms with E-state index in [1.807, 2.05) is 4.90 Å². The Morgan fingerprint density at radius 3 is 2.76 bits per heavy atom. The molecule has 1 aliphatic rings. The van der Waals surface area contributed by atoms with Gasteiger partial charge in [0, 0.05) is 31.9 Å². The maximum absolute atomic E-state index is 12.3. The molecule has 17 heavy (non-hydrogen) atoms. The average molecular weight is 235 g/mol. The first-order chi connectivity index (χ1) is 8.22. The molecule has 5 heteroatoms. The number of nitrogens with two attached hydrogens (primary N) is 1. The summed E-state index contributed by atoms with van der Waals surface area (Å²) in [6.07, 6.45) is 0. The summed E-state index contributed by atoms with van der Waals surface area (Å²) in [5.74, 6) is 0.626. The monoisotopic (exact) mass is 235 g/mol. The zero-order valence-corrected chi connectivity index (χ0v) is 9.90. The standard InChI is InChI=1S/C12H17N3O2/c1-17-9-2-3-11(13)10(8-9)12(16)15-6-4-14-5-7-15/h2-3,8,14H,4-7,13H2,1H3. The van der Waals surface area contributed by atoms with Gasteiger partial charge in [0.05, 0.1) is 12.7 Å². The molecule has 1 fully saturated rings. The highest BCUT2D eigenvalue weighted by molar-refractivity contribution is 5.99. The minimum atomic E-state index is -0.0251. The van der Waals surface area contributed by atoms with Crippen LogP contribution in [0.15, 0.2) is 18.2 Å². The average Bonchev–Trinajstić information content (AvgIpc) is 2.39. The van der Waals surface area contributed by atoms with Gasteiger partial charge in [0.15, 0.2) is 0 Å². The molecule has 1 saturated heterocycles. The summed E-state index contributed by atoms with van der Waals surface area (Å²) in [5, 5.41) is 3.21. The van der Waals surface area contributed by atoms with E-state index < -0.39 is 0 Å². The van der Waals surface area contributed by atoms with Gasteiger partial charge in [-0.05, 0) is 18.2 Å². The highest BCUT2D eigenvalue weighted by atomic mass is 16.5. The van der Waals surface area contributed by atoms with Crippen LogP contribution in [0.25, 0.3) is 0 Å². The van der Waals surface area contributed by atoms with Gasteiger partial charge >= 0.3 is 0 Å². The van der Waals surface area contributed by atoms with Gasteiger partial charge in [-0.3, -0.25) is 4.79 Å². The van der Waals surface area contributed by atoms with E-state index in [0.717, 1.165) is 26.2 Å². The van der Waals surface area contributed by atoms with E-state index in [0.29, 0.717) is 17.0 Å². The summed E-state index contributed by atoms with van der Waals surface area (Å²) >= 11 is 0. The summed E-state index contributed by atoms with van der Waals surface area (Å²) in [4.78, 5) is 14.1. The minimum Gasteiger partial charge on any atom is -0.497 e. The number of nitrogens with one attached hydrogen (secondary N) is 1. The predicted octanol–water partition coefficient (Wildman–Crippen LogP) is 0.323. The number of amides is 1. The molecule has 0 aliphatic carbocycles. The van der Waals surface area contributed by atoms with E-state index in [9.17, 15) is 4.79 Å². The van der Waals surface area contributed by atoms with Crippen LogP contribution in [0, 0.1) is 0 Å². The van der Waals surface area contributed by atoms with Crippen molar-refractivity contribution in [3.63, 3.8) is 0 Å². The summed E-state index contributed by atoms with van der Waals surface area (Å²) in [6.45, 7) is 3.09. The molecule has 0 unspecified atom stereocenters. The van der Waals surface area contributed by atoms with Crippen LogP contribution in [-0.2, 0) is 0 Å². The lowest BCUT2D eigenvalue weighted by atomic mass is 10.1. The summed E-state index contributed by atoms with van der Waals surface area (Å²) in [5.41, 5.74) is 6.85. The molecule has 1 amide bonds. The van der Waals surface area contributed by atoms with Crippen LogP contribution >= 0.6 is 0 Å². The van der Waals surface area contributed by atoms with Crippen molar-refractivity contribution in [2.75, 3.05) is 39.0 Å². The van der Waals surface area contributed by atoms with Gasteiger partial charge in [0.25, 0.3) is 5.91 Å². The number of nitrogen functional groups attached to an aromatic ring is 1. The molecule has 5 nitrogen and oxygen atoms in total. The number of nitrogens with zero attached hydrogens (tertiary/aromatic N) is 1. The van der Waals surface area contributed by atoms with Crippen molar-refractivity contribution >= 4 is 11.6 Å². The van der Waals surface area contributed by atoms with Crippen molar-refractivity contribution in [2.24, 2.45) is 0 Å². The fourth-order valence-electron chi connectivity index (χ4n) is 1.89. The smallest absolute Gasteiger partial charge is 0.256 e. The minimum absolute atomic E-state index is 0.0251. The number of hydrogen-bond donors (Lipinski definition) is 2. The Bertz CT molecular complexity index is 414. The second-order valence-corrected chi connectivity index (χ2v) is 4.00. The number of carbonyl (C=O) groups excluding carboxylic acids is 1. The number of rotatable bonds is 2. The van der Waals surface area contributed by atoms with Crippen molar-refractivity contribution < 1.29 is 9.53 Å². The van der Waals surface area contributed by atoms with Gasteiger partial charge in [-0.1, -0.05) is 0 Å². The van der Waals surface area contributed by atoms with Crippen molar-refractivity contribution in [1.29, 1.82) is 0 Å². The lowest BCUT2D eigenvalue weighted by Crippen LogP contribution is -2.46. The van der Waals surface area contributed by atoms with E-state index in [1.54, 1.807) is 25.3 Å². The topological polar surface area (TPSA) is 67.6 Å². The zero-order valence-electron chi connectivity index (χ0n) is 9.90. The third kappa shape index (κ3) is 2.50.